The monoisotopic (exact) mass is 541 g/mol. The first-order chi connectivity index (χ1) is 17.4. The van der Waals surface area contributed by atoms with E-state index in [1.165, 1.54) is 29.8 Å². The van der Waals surface area contributed by atoms with Gasteiger partial charge in [0.15, 0.2) is 5.13 Å². The zero-order valence-electron chi connectivity index (χ0n) is 21.0. The number of hydrogen-bond donors (Lipinski definition) is 4. The predicted octanol–water partition coefficient (Wildman–Crippen LogP) is 4.10. The van der Waals surface area contributed by atoms with E-state index in [1.54, 1.807) is 27.7 Å². The molecule has 0 radical (unpaired) electrons. The summed E-state index contributed by atoms with van der Waals surface area (Å²) in [4.78, 5) is 40.0. The quantitative estimate of drug-likeness (QED) is 0.286. The summed E-state index contributed by atoms with van der Waals surface area (Å²) in [6.45, 7) is 8.84. The van der Waals surface area contributed by atoms with Crippen molar-refractivity contribution >= 4 is 48.7 Å². The zero-order valence-corrected chi connectivity index (χ0v) is 22.6. The van der Waals surface area contributed by atoms with Crippen LogP contribution in [0.5, 0.6) is 0 Å². The number of nitrogens with zero attached hydrogens (tertiary/aromatic N) is 3. The molecule has 0 bridgehead atoms. The van der Waals surface area contributed by atoms with Crippen molar-refractivity contribution in [3.05, 3.63) is 52.7 Å². The Kier molecular flexibility index (Phi) is 7.02. The van der Waals surface area contributed by atoms with Gasteiger partial charge in [0.25, 0.3) is 0 Å². The van der Waals surface area contributed by atoms with Crippen LogP contribution in [0.1, 0.15) is 33.4 Å². The van der Waals surface area contributed by atoms with Crippen LogP contribution >= 0.6 is 11.3 Å². The molecule has 0 spiro atoms. The van der Waals surface area contributed by atoms with E-state index in [0.29, 0.717) is 39.6 Å². The largest absolute Gasteiger partial charge is 0.338 e. The molecule has 1 aromatic carbocycles. The van der Waals surface area contributed by atoms with Crippen LogP contribution in [0, 0.1) is 6.92 Å². The molecule has 2 amide bonds. The standard InChI is InChI=1S/C24H27N7O4S2/c1-6-25-22(33)30-23-29-18-9-14(8-17(20(18)36-23)15-7-13(2)28-19(32)10-15)16-11-26-21(27-12-16)31-37(34,35)24(3,4)5/h7-12H,6H2,1-5H3,(H,28,32)(H,26,27,31)(H2,25,29,30,33). The fourth-order valence-electron chi connectivity index (χ4n) is 3.41. The average Bonchev–Trinajstić information content (AvgIpc) is 3.19. The maximum Gasteiger partial charge on any atom is 0.321 e. The van der Waals surface area contributed by atoms with Gasteiger partial charge in [-0.3, -0.25) is 14.8 Å². The molecular formula is C24H27N7O4S2. The second-order valence-electron chi connectivity index (χ2n) is 9.31. The number of carbonyl (C=O) groups is 1. The summed E-state index contributed by atoms with van der Waals surface area (Å²) in [7, 11) is -3.68. The normalized spacial score (nSPS) is 11.9. The third-order valence-corrected chi connectivity index (χ3v) is 8.44. The molecule has 0 aliphatic rings. The summed E-state index contributed by atoms with van der Waals surface area (Å²) in [5, 5.41) is 5.81. The van der Waals surface area contributed by atoms with Gasteiger partial charge in [0.05, 0.1) is 15.0 Å². The van der Waals surface area contributed by atoms with Gasteiger partial charge in [-0.2, -0.15) is 0 Å². The van der Waals surface area contributed by atoms with E-state index in [0.717, 1.165) is 10.3 Å². The molecule has 11 nitrogen and oxygen atoms in total. The second kappa shape index (κ2) is 9.90. The molecule has 194 valence electrons. The number of sulfonamides is 1. The summed E-state index contributed by atoms with van der Waals surface area (Å²) in [5.74, 6) is -0.0349. The number of carbonyl (C=O) groups excluding carboxylic acids is 1. The van der Waals surface area contributed by atoms with Crippen LogP contribution in [-0.4, -0.2) is 45.7 Å². The van der Waals surface area contributed by atoms with Gasteiger partial charge >= 0.3 is 6.03 Å². The van der Waals surface area contributed by atoms with Crippen molar-refractivity contribution in [1.82, 2.24) is 25.3 Å². The summed E-state index contributed by atoms with van der Waals surface area (Å²) >= 11 is 1.30. The first-order valence-corrected chi connectivity index (χ1v) is 13.7. The maximum atomic E-state index is 12.4. The number of amides is 2. The van der Waals surface area contributed by atoms with E-state index < -0.39 is 14.8 Å². The van der Waals surface area contributed by atoms with E-state index in [4.69, 9.17) is 0 Å². The lowest BCUT2D eigenvalue weighted by atomic mass is 10.00. The number of aryl methyl sites for hydroxylation is 1. The molecule has 4 N–H and O–H groups in total. The number of pyridine rings is 1. The molecule has 3 heterocycles. The number of aromatic nitrogens is 4. The van der Waals surface area contributed by atoms with Crippen LogP contribution < -0.4 is 20.9 Å². The van der Waals surface area contributed by atoms with Crippen LogP contribution in [0.3, 0.4) is 0 Å². The molecule has 37 heavy (non-hydrogen) atoms. The van der Waals surface area contributed by atoms with Gasteiger partial charge < -0.3 is 10.3 Å². The molecule has 3 aromatic heterocycles. The Balaban J connectivity index is 1.80. The number of benzene rings is 1. The van der Waals surface area contributed by atoms with E-state index in [1.807, 2.05) is 25.1 Å². The Hall–Kier alpha value is -3.84. The van der Waals surface area contributed by atoms with Crippen molar-refractivity contribution in [3.63, 3.8) is 0 Å². The first kappa shape index (κ1) is 26.2. The zero-order chi connectivity index (χ0) is 27.0. The SMILES string of the molecule is CCNC(=O)Nc1nc2cc(-c3cnc(NS(=O)(=O)C(C)(C)C)nc3)cc(-c3cc(C)[nH]c(=O)c3)c2s1. The lowest BCUT2D eigenvalue weighted by Crippen LogP contribution is -2.34. The van der Waals surface area contributed by atoms with Gasteiger partial charge in [0, 0.05) is 41.8 Å². The highest BCUT2D eigenvalue weighted by Gasteiger charge is 2.29. The molecular weight excluding hydrogens is 514 g/mol. The number of H-pyrrole nitrogens is 1. The first-order valence-electron chi connectivity index (χ1n) is 11.4. The summed E-state index contributed by atoms with van der Waals surface area (Å²) in [6, 6.07) is 6.72. The smallest absolute Gasteiger partial charge is 0.321 e. The predicted molar refractivity (Wildman–Crippen MR) is 146 cm³/mol. The minimum atomic E-state index is -3.68. The molecule has 0 saturated heterocycles. The van der Waals surface area contributed by atoms with Gasteiger partial charge in [0.2, 0.25) is 21.5 Å². The van der Waals surface area contributed by atoms with Crippen molar-refractivity contribution in [3.8, 4) is 22.3 Å². The highest BCUT2D eigenvalue weighted by molar-refractivity contribution is 7.94. The lowest BCUT2D eigenvalue weighted by Gasteiger charge is -2.19. The topological polar surface area (TPSA) is 159 Å². The van der Waals surface area contributed by atoms with Crippen LogP contribution in [0.25, 0.3) is 32.5 Å². The van der Waals surface area contributed by atoms with E-state index in [9.17, 15) is 18.0 Å². The van der Waals surface area contributed by atoms with Crippen molar-refractivity contribution in [2.75, 3.05) is 16.6 Å². The Morgan fingerprint density at radius 1 is 1.05 bits per heavy atom. The highest BCUT2D eigenvalue weighted by Crippen LogP contribution is 2.38. The van der Waals surface area contributed by atoms with Crippen LogP contribution in [-0.2, 0) is 10.0 Å². The van der Waals surface area contributed by atoms with Gasteiger partial charge in [-0.05, 0) is 63.9 Å². The number of thiazole rings is 1. The number of rotatable bonds is 6. The van der Waals surface area contributed by atoms with Gasteiger partial charge in [-0.25, -0.2) is 28.2 Å². The maximum absolute atomic E-state index is 12.4. The third kappa shape index (κ3) is 5.78. The Morgan fingerprint density at radius 2 is 1.76 bits per heavy atom. The Labute approximate surface area is 217 Å². The third-order valence-electron chi connectivity index (χ3n) is 5.35. The van der Waals surface area contributed by atoms with Crippen LogP contribution in [0.4, 0.5) is 15.9 Å². The lowest BCUT2D eigenvalue weighted by molar-refractivity contribution is 0.252. The van der Waals surface area contributed by atoms with Crippen molar-refractivity contribution in [1.29, 1.82) is 0 Å². The number of anilines is 2. The molecule has 0 atom stereocenters. The molecule has 0 aliphatic carbocycles. The summed E-state index contributed by atoms with van der Waals surface area (Å²) < 4.78 is 27.0. The average molecular weight is 542 g/mol. The number of fused-ring (bicyclic) bond motifs is 1. The molecule has 0 fully saturated rings. The highest BCUT2D eigenvalue weighted by atomic mass is 32.2. The fourth-order valence-corrected chi connectivity index (χ4v) is 5.04. The molecule has 4 rings (SSSR count). The minimum Gasteiger partial charge on any atom is -0.338 e. The minimum absolute atomic E-state index is 0.0349. The number of hydrogen-bond acceptors (Lipinski definition) is 8. The van der Waals surface area contributed by atoms with E-state index >= 15 is 0 Å². The summed E-state index contributed by atoms with van der Waals surface area (Å²) in [5.41, 5.74) is 3.84. The molecule has 0 saturated carbocycles. The summed E-state index contributed by atoms with van der Waals surface area (Å²) in [6.07, 6.45) is 3.03. The van der Waals surface area contributed by atoms with Crippen molar-refractivity contribution < 1.29 is 13.2 Å². The van der Waals surface area contributed by atoms with E-state index in [2.05, 4.69) is 35.3 Å². The fraction of sp³-hybridized carbons (Fsp3) is 0.292. The van der Waals surface area contributed by atoms with Crippen molar-refractivity contribution in [2.24, 2.45) is 0 Å². The van der Waals surface area contributed by atoms with Crippen LogP contribution in [0.2, 0.25) is 0 Å². The number of urea groups is 1. The second-order valence-corrected chi connectivity index (χ2v) is 12.7. The van der Waals surface area contributed by atoms with Gasteiger partial charge in [-0.15, -0.1) is 0 Å². The van der Waals surface area contributed by atoms with Gasteiger partial charge in [-0.1, -0.05) is 11.3 Å². The Bertz CT molecular complexity index is 1640. The van der Waals surface area contributed by atoms with Gasteiger partial charge in [0.1, 0.15) is 0 Å². The molecule has 0 aliphatic heterocycles. The molecule has 13 heteroatoms. The number of nitrogens with one attached hydrogen (secondary N) is 4. The van der Waals surface area contributed by atoms with E-state index in [-0.39, 0.29) is 17.5 Å². The van der Waals surface area contributed by atoms with Crippen molar-refractivity contribution in [2.45, 2.75) is 39.4 Å². The van der Waals surface area contributed by atoms with Crippen LogP contribution in [0.15, 0.2) is 41.5 Å². The number of aromatic amines is 1. The molecule has 4 aromatic rings. The Morgan fingerprint density at radius 3 is 2.38 bits per heavy atom. The molecule has 0 unspecified atom stereocenters.